The lowest BCUT2D eigenvalue weighted by molar-refractivity contribution is 1.12. The third kappa shape index (κ3) is 0.933. The molecule has 0 spiro atoms. The number of aromatic nitrogens is 2. The summed E-state index contributed by atoms with van der Waals surface area (Å²) in [6.07, 6.45) is 1.70. The van der Waals surface area contributed by atoms with Crippen molar-refractivity contribution in [3.05, 3.63) is 22.8 Å². The summed E-state index contributed by atoms with van der Waals surface area (Å²) in [7, 11) is 5.82. The van der Waals surface area contributed by atoms with Gasteiger partial charge >= 0.3 is 0 Å². The largest absolute Gasteiger partial charge is 0.278 e. The van der Waals surface area contributed by atoms with Crippen LogP contribution in [0.15, 0.2) is 12.3 Å². The fourth-order valence-corrected chi connectivity index (χ4v) is 1.40. The SMILES string of the molecule is [B]c1c(C)c(Cl)cc2[nH]ncc12. The minimum Gasteiger partial charge on any atom is -0.278 e. The van der Waals surface area contributed by atoms with Crippen molar-refractivity contribution in [1.82, 2.24) is 10.2 Å². The molecule has 2 aromatic rings. The first kappa shape index (κ1) is 7.68. The Balaban J connectivity index is 2.94. The van der Waals surface area contributed by atoms with Crippen LogP contribution in [0.1, 0.15) is 5.56 Å². The van der Waals surface area contributed by atoms with E-state index in [0.29, 0.717) is 10.5 Å². The molecular formula is C8H6BClN2. The number of H-pyrrole nitrogens is 1. The van der Waals surface area contributed by atoms with Crippen molar-refractivity contribution in [2.45, 2.75) is 6.92 Å². The van der Waals surface area contributed by atoms with Gasteiger partial charge in [0.1, 0.15) is 7.85 Å². The highest BCUT2D eigenvalue weighted by molar-refractivity contribution is 6.42. The summed E-state index contributed by atoms with van der Waals surface area (Å²) >= 11 is 5.92. The molecule has 2 nitrogen and oxygen atoms in total. The molecule has 1 aromatic heterocycles. The Bertz CT molecular complexity index is 436. The summed E-state index contributed by atoms with van der Waals surface area (Å²) < 4.78 is 0. The third-order valence-electron chi connectivity index (χ3n) is 1.99. The first-order valence-electron chi connectivity index (χ1n) is 3.58. The predicted octanol–water partition coefficient (Wildman–Crippen LogP) is 1.32. The van der Waals surface area contributed by atoms with Gasteiger partial charge in [-0.25, -0.2) is 0 Å². The monoisotopic (exact) mass is 176 g/mol. The van der Waals surface area contributed by atoms with Gasteiger partial charge < -0.3 is 0 Å². The van der Waals surface area contributed by atoms with Crippen molar-refractivity contribution in [3.63, 3.8) is 0 Å². The van der Waals surface area contributed by atoms with Crippen molar-refractivity contribution in [1.29, 1.82) is 0 Å². The number of halogens is 1. The zero-order chi connectivity index (χ0) is 8.72. The normalized spacial score (nSPS) is 10.8. The molecule has 0 bridgehead atoms. The second-order valence-corrected chi connectivity index (χ2v) is 3.14. The van der Waals surface area contributed by atoms with Crippen LogP contribution >= 0.6 is 11.6 Å². The smallest absolute Gasteiger partial charge is 0.115 e. The van der Waals surface area contributed by atoms with Crippen molar-refractivity contribution in [2.75, 3.05) is 0 Å². The standard InChI is InChI=1S/C8H6BClN2/c1-4-6(10)2-7-5(8(4)9)3-11-12-7/h2-3H,1H3,(H,11,12). The molecule has 0 atom stereocenters. The molecule has 0 unspecified atom stereocenters. The molecular weight excluding hydrogens is 170 g/mol. The Morgan fingerprint density at radius 2 is 2.33 bits per heavy atom. The van der Waals surface area contributed by atoms with Gasteiger partial charge in [-0.15, -0.1) is 0 Å². The summed E-state index contributed by atoms with van der Waals surface area (Å²) in [5, 5.41) is 8.29. The Morgan fingerprint density at radius 1 is 1.58 bits per heavy atom. The zero-order valence-corrected chi connectivity index (χ0v) is 7.31. The van der Waals surface area contributed by atoms with Gasteiger partial charge in [-0.1, -0.05) is 17.1 Å². The molecule has 0 saturated heterocycles. The van der Waals surface area contributed by atoms with E-state index in [1.807, 2.05) is 13.0 Å². The molecule has 2 rings (SSSR count). The number of hydrogen-bond donors (Lipinski definition) is 1. The Hall–Kier alpha value is -0.955. The van der Waals surface area contributed by atoms with E-state index in [0.717, 1.165) is 16.5 Å². The zero-order valence-electron chi connectivity index (χ0n) is 6.56. The van der Waals surface area contributed by atoms with Crippen molar-refractivity contribution in [3.8, 4) is 0 Å². The van der Waals surface area contributed by atoms with Crippen LogP contribution in [0, 0.1) is 6.92 Å². The number of fused-ring (bicyclic) bond motifs is 1. The Kier molecular flexibility index (Phi) is 1.62. The van der Waals surface area contributed by atoms with Gasteiger partial charge in [0.05, 0.1) is 11.7 Å². The molecule has 0 aliphatic heterocycles. The number of benzene rings is 1. The Labute approximate surface area is 76.3 Å². The lowest BCUT2D eigenvalue weighted by Crippen LogP contribution is -2.08. The topological polar surface area (TPSA) is 28.7 Å². The van der Waals surface area contributed by atoms with E-state index in [-0.39, 0.29) is 0 Å². The molecule has 1 heterocycles. The lowest BCUT2D eigenvalue weighted by atomic mass is 9.88. The number of nitrogens with one attached hydrogen (secondary N) is 1. The van der Waals surface area contributed by atoms with Crippen molar-refractivity contribution in [2.24, 2.45) is 0 Å². The average molecular weight is 176 g/mol. The first-order chi connectivity index (χ1) is 5.70. The van der Waals surface area contributed by atoms with Gasteiger partial charge in [-0.3, -0.25) is 5.10 Å². The maximum atomic E-state index is 5.92. The van der Waals surface area contributed by atoms with E-state index in [1.54, 1.807) is 6.20 Å². The van der Waals surface area contributed by atoms with E-state index < -0.39 is 0 Å². The lowest BCUT2D eigenvalue weighted by Gasteiger charge is -2.03. The van der Waals surface area contributed by atoms with Crippen molar-refractivity contribution >= 4 is 35.8 Å². The van der Waals surface area contributed by atoms with Gasteiger partial charge in [-0.05, 0) is 18.6 Å². The highest BCUT2D eigenvalue weighted by Gasteiger charge is 2.05. The minimum absolute atomic E-state index is 0.671. The summed E-state index contributed by atoms with van der Waals surface area (Å²) in [6, 6.07) is 1.83. The quantitative estimate of drug-likeness (QED) is 0.603. The minimum atomic E-state index is 0.671. The molecule has 0 aliphatic carbocycles. The summed E-state index contributed by atoms with van der Waals surface area (Å²) in [6.45, 7) is 1.89. The van der Waals surface area contributed by atoms with E-state index in [4.69, 9.17) is 19.4 Å². The van der Waals surface area contributed by atoms with Crippen LogP contribution in [0.4, 0.5) is 0 Å². The van der Waals surface area contributed by atoms with Crippen LogP contribution in [-0.2, 0) is 0 Å². The van der Waals surface area contributed by atoms with E-state index in [2.05, 4.69) is 10.2 Å². The fraction of sp³-hybridized carbons (Fsp3) is 0.125. The highest BCUT2D eigenvalue weighted by atomic mass is 35.5. The highest BCUT2D eigenvalue weighted by Crippen LogP contribution is 2.18. The summed E-state index contributed by atoms with van der Waals surface area (Å²) in [4.78, 5) is 0. The second kappa shape index (κ2) is 2.52. The van der Waals surface area contributed by atoms with Crippen molar-refractivity contribution < 1.29 is 0 Å². The molecule has 0 saturated carbocycles. The van der Waals surface area contributed by atoms with E-state index in [1.165, 1.54) is 0 Å². The maximum Gasteiger partial charge on any atom is 0.115 e. The van der Waals surface area contributed by atoms with Crippen LogP contribution in [0.2, 0.25) is 5.02 Å². The number of nitrogens with zero attached hydrogens (tertiary/aromatic N) is 1. The van der Waals surface area contributed by atoms with Gasteiger partial charge in [-0.2, -0.15) is 5.10 Å². The van der Waals surface area contributed by atoms with Crippen LogP contribution in [0.25, 0.3) is 10.9 Å². The molecule has 1 N–H and O–H groups in total. The summed E-state index contributed by atoms with van der Waals surface area (Å²) in [5.74, 6) is 0. The molecule has 0 fully saturated rings. The van der Waals surface area contributed by atoms with Crippen LogP contribution in [0.5, 0.6) is 0 Å². The van der Waals surface area contributed by atoms with E-state index >= 15 is 0 Å². The molecule has 0 aliphatic rings. The predicted molar refractivity (Wildman–Crippen MR) is 51.2 cm³/mol. The van der Waals surface area contributed by atoms with Crippen LogP contribution in [0.3, 0.4) is 0 Å². The first-order valence-corrected chi connectivity index (χ1v) is 3.95. The molecule has 58 valence electrons. The molecule has 4 heteroatoms. The van der Waals surface area contributed by atoms with Crippen LogP contribution < -0.4 is 5.46 Å². The molecule has 2 radical (unpaired) electrons. The molecule has 12 heavy (non-hydrogen) atoms. The Morgan fingerprint density at radius 3 is 3.08 bits per heavy atom. The van der Waals surface area contributed by atoms with Crippen LogP contribution in [-0.4, -0.2) is 18.0 Å². The van der Waals surface area contributed by atoms with Gasteiger partial charge in [0.15, 0.2) is 0 Å². The number of rotatable bonds is 0. The second-order valence-electron chi connectivity index (χ2n) is 2.73. The average Bonchev–Trinajstić information content (AvgIpc) is 2.48. The molecule has 0 amide bonds. The van der Waals surface area contributed by atoms with Gasteiger partial charge in [0.2, 0.25) is 0 Å². The van der Waals surface area contributed by atoms with Gasteiger partial charge in [0, 0.05) is 10.4 Å². The molecule has 1 aromatic carbocycles. The van der Waals surface area contributed by atoms with E-state index in [9.17, 15) is 0 Å². The number of hydrogen-bond acceptors (Lipinski definition) is 1. The fourth-order valence-electron chi connectivity index (χ4n) is 1.19. The van der Waals surface area contributed by atoms with Gasteiger partial charge in [0.25, 0.3) is 0 Å². The maximum absolute atomic E-state index is 5.92. The number of aromatic amines is 1. The third-order valence-corrected chi connectivity index (χ3v) is 2.38. The summed E-state index contributed by atoms with van der Waals surface area (Å²) in [5.41, 5.74) is 2.49.